The number of rotatable bonds is 6. The molecule has 1 amide bonds. The molecule has 0 radical (unpaired) electrons. The highest BCUT2D eigenvalue weighted by Crippen LogP contribution is 2.18. The van der Waals surface area contributed by atoms with E-state index in [4.69, 9.17) is 10.5 Å². The first-order valence-corrected chi connectivity index (χ1v) is 8.03. The molecule has 1 fully saturated rings. The van der Waals surface area contributed by atoms with Crippen LogP contribution in [0.5, 0.6) is 0 Å². The molecule has 1 atom stereocenters. The van der Waals surface area contributed by atoms with Gasteiger partial charge in [-0.25, -0.2) is 4.79 Å². The SMILES string of the molecule is CN(CCN)CC1CCCN(C(=O)OCc2ccccc2)C1. The van der Waals surface area contributed by atoms with Crippen LogP contribution in [0.3, 0.4) is 0 Å². The number of benzene rings is 1. The minimum Gasteiger partial charge on any atom is -0.445 e. The van der Waals surface area contributed by atoms with Gasteiger partial charge in [-0.2, -0.15) is 0 Å². The fraction of sp³-hybridized carbons (Fsp3) is 0.588. The Bertz CT molecular complexity index is 452. The molecule has 22 heavy (non-hydrogen) atoms. The second-order valence-corrected chi connectivity index (χ2v) is 6.05. The molecule has 1 saturated heterocycles. The number of hydrogen-bond acceptors (Lipinski definition) is 4. The van der Waals surface area contributed by atoms with Crippen LogP contribution < -0.4 is 5.73 Å². The summed E-state index contributed by atoms with van der Waals surface area (Å²) in [5, 5.41) is 0. The lowest BCUT2D eigenvalue weighted by atomic mass is 9.98. The number of likely N-dealkylation sites (N-methyl/N-ethyl adjacent to an activating group) is 1. The van der Waals surface area contributed by atoms with Crippen LogP contribution in [0.2, 0.25) is 0 Å². The number of piperidine rings is 1. The van der Waals surface area contributed by atoms with Crippen molar-refractivity contribution in [3.8, 4) is 0 Å². The summed E-state index contributed by atoms with van der Waals surface area (Å²) in [4.78, 5) is 16.3. The summed E-state index contributed by atoms with van der Waals surface area (Å²) in [6.07, 6.45) is 2.01. The van der Waals surface area contributed by atoms with Gasteiger partial charge in [-0.1, -0.05) is 30.3 Å². The van der Waals surface area contributed by atoms with Gasteiger partial charge >= 0.3 is 6.09 Å². The largest absolute Gasteiger partial charge is 0.445 e. The highest BCUT2D eigenvalue weighted by atomic mass is 16.6. The summed E-state index contributed by atoms with van der Waals surface area (Å²) < 4.78 is 5.42. The molecule has 1 aliphatic rings. The van der Waals surface area contributed by atoms with Gasteiger partial charge in [0, 0.05) is 32.7 Å². The zero-order valence-electron chi connectivity index (χ0n) is 13.4. The quantitative estimate of drug-likeness (QED) is 0.872. The van der Waals surface area contributed by atoms with E-state index < -0.39 is 0 Å². The molecule has 122 valence electrons. The van der Waals surface area contributed by atoms with Crippen molar-refractivity contribution in [2.45, 2.75) is 19.4 Å². The minimum atomic E-state index is -0.199. The van der Waals surface area contributed by atoms with Crippen molar-refractivity contribution in [1.29, 1.82) is 0 Å². The van der Waals surface area contributed by atoms with E-state index in [1.807, 2.05) is 35.2 Å². The number of carbonyl (C=O) groups excluding carboxylic acids is 1. The van der Waals surface area contributed by atoms with E-state index in [2.05, 4.69) is 11.9 Å². The molecule has 1 aromatic carbocycles. The molecule has 0 aliphatic carbocycles. The van der Waals surface area contributed by atoms with Gasteiger partial charge in [-0.3, -0.25) is 0 Å². The average Bonchev–Trinajstić information content (AvgIpc) is 2.54. The van der Waals surface area contributed by atoms with Crippen molar-refractivity contribution in [3.05, 3.63) is 35.9 Å². The Balaban J connectivity index is 1.77. The van der Waals surface area contributed by atoms with Gasteiger partial charge in [0.2, 0.25) is 0 Å². The number of ether oxygens (including phenoxy) is 1. The molecular weight excluding hydrogens is 278 g/mol. The van der Waals surface area contributed by atoms with Crippen LogP contribution in [0.15, 0.2) is 30.3 Å². The Labute approximate surface area is 133 Å². The van der Waals surface area contributed by atoms with Gasteiger partial charge in [0.05, 0.1) is 0 Å². The molecule has 2 N–H and O–H groups in total. The lowest BCUT2D eigenvalue weighted by molar-refractivity contribution is 0.0742. The highest BCUT2D eigenvalue weighted by molar-refractivity contribution is 5.67. The second-order valence-electron chi connectivity index (χ2n) is 6.05. The van der Waals surface area contributed by atoms with Crippen LogP contribution in [0.25, 0.3) is 0 Å². The van der Waals surface area contributed by atoms with E-state index in [1.165, 1.54) is 0 Å². The maximum absolute atomic E-state index is 12.2. The molecule has 0 saturated carbocycles. The number of likely N-dealkylation sites (tertiary alicyclic amines) is 1. The van der Waals surface area contributed by atoms with E-state index in [9.17, 15) is 4.79 Å². The average molecular weight is 305 g/mol. The zero-order valence-corrected chi connectivity index (χ0v) is 13.4. The monoisotopic (exact) mass is 305 g/mol. The Morgan fingerprint density at radius 3 is 2.91 bits per heavy atom. The standard InChI is InChI=1S/C17H27N3O2/c1-19(11-9-18)12-16-8-5-10-20(13-16)17(21)22-14-15-6-3-2-4-7-15/h2-4,6-7,16H,5,8-14,18H2,1H3. The van der Waals surface area contributed by atoms with Crippen LogP contribution in [-0.2, 0) is 11.3 Å². The van der Waals surface area contributed by atoms with Crippen LogP contribution >= 0.6 is 0 Å². The van der Waals surface area contributed by atoms with Crippen LogP contribution in [-0.4, -0.2) is 55.7 Å². The molecule has 0 bridgehead atoms. The maximum atomic E-state index is 12.2. The molecule has 1 unspecified atom stereocenters. The molecule has 1 aliphatic heterocycles. The van der Waals surface area contributed by atoms with Gasteiger partial charge in [-0.05, 0) is 31.4 Å². The van der Waals surface area contributed by atoms with E-state index in [0.29, 0.717) is 19.1 Å². The third-order valence-corrected chi connectivity index (χ3v) is 4.06. The first-order chi connectivity index (χ1) is 10.7. The molecule has 5 nitrogen and oxygen atoms in total. The van der Waals surface area contributed by atoms with Crippen molar-refractivity contribution in [2.75, 3.05) is 39.8 Å². The number of hydrogen-bond donors (Lipinski definition) is 1. The van der Waals surface area contributed by atoms with Crippen molar-refractivity contribution in [3.63, 3.8) is 0 Å². The Morgan fingerprint density at radius 1 is 1.41 bits per heavy atom. The Kier molecular flexibility index (Phi) is 6.68. The van der Waals surface area contributed by atoms with Gasteiger partial charge in [0.25, 0.3) is 0 Å². The normalized spacial score (nSPS) is 18.5. The fourth-order valence-corrected chi connectivity index (χ4v) is 2.94. The fourth-order valence-electron chi connectivity index (χ4n) is 2.94. The van der Waals surface area contributed by atoms with Crippen molar-refractivity contribution in [1.82, 2.24) is 9.80 Å². The predicted molar refractivity (Wildman–Crippen MR) is 87.5 cm³/mol. The predicted octanol–water partition coefficient (Wildman–Crippen LogP) is 1.93. The van der Waals surface area contributed by atoms with Crippen LogP contribution in [0, 0.1) is 5.92 Å². The van der Waals surface area contributed by atoms with Crippen molar-refractivity contribution < 1.29 is 9.53 Å². The summed E-state index contributed by atoms with van der Waals surface area (Å²) >= 11 is 0. The molecular formula is C17H27N3O2. The smallest absolute Gasteiger partial charge is 0.410 e. The van der Waals surface area contributed by atoms with E-state index in [-0.39, 0.29) is 6.09 Å². The number of nitrogens with zero attached hydrogens (tertiary/aromatic N) is 2. The van der Waals surface area contributed by atoms with Crippen LogP contribution in [0.1, 0.15) is 18.4 Å². The van der Waals surface area contributed by atoms with Gasteiger partial charge in [-0.15, -0.1) is 0 Å². The number of amides is 1. The molecule has 0 aromatic heterocycles. The lowest BCUT2D eigenvalue weighted by Crippen LogP contribution is -2.43. The van der Waals surface area contributed by atoms with E-state index in [1.54, 1.807) is 0 Å². The lowest BCUT2D eigenvalue weighted by Gasteiger charge is -2.34. The van der Waals surface area contributed by atoms with Crippen molar-refractivity contribution in [2.24, 2.45) is 11.7 Å². The topological polar surface area (TPSA) is 58.8 Å². The third-order valence-electron chi connectivity index (χ3n) is 4.06. The van der Waals surface area contributed by atoms with Gasteiger partial charge in [0.1, 0.15) is 6.61 Å². The van der Waals surface area contributed by atoms with Gasteiger partial charge < -0.3 is 20.3 Å². The zero-order chi connectivity index (χ0) is 15.8. The summed E-state index contributed by atoms with van der Waals surface area (Å²) in [6.45, 7) is 4.47. The van der Waals surface area contributed by atoms with Crippen molar-refractivity contribution >= 4 is 6.09 Å². The number of carbonyl (C=O) groups is 1. The Hall–Kier alpha value is -1.59. The molecule has 5 heteroatoms. The minimum absolute atomic E-state index is 0.199. The molecule has 2 rings (SSSR count). The van der Waals surface area contributed by atoms with Gasteiger partial charge in [0.15, 0.2) is 0 Å². The third kappa shape index (κ3) is 5.31. The van der Waals surface area contributed by atoms with E-state index >= 15 is 0 Å². The molecule has 1 heterocycles. The first-order valence-electron chi connectivity index (χ1n) is 8.03. The summed E-state index contributed by atoms with van der Waals surface area (Å²) in [6, 6.07) is 9.79. The summed E-state index contributed by atoms with van der Waals surface area (Å²) in [5.74, 6) is 0.509. The molecule has 1 aromatic rings. The Morgan fingerprint density at radius 2 is 2.18 bits per heavy atom. The van der Waals surface area contributed by atoms with Crippen LogP contribution in [0.4, 0.5) is 4.79 Å². The first kappa shape index (κ1) is 16.8. The van der Waals surface area contributed by atoms with E-state index in [0.717, 1.165) is 44.6 Å². The second kappa shape index (κ2) is 8.76. The highest BCUT2D eigenvalue weighted by Gasteiger charge is 2.25. The maximum Gasteiger partial charge on any atom is 0.410 e. The summed E-state index contributed by atoms with van der Waals surface area (Å²) in [7, 11) is 2.08. The summed E-state index contributed by atoms with van der Waals surface area (Å²) in [5.41, 5.74) is 6.60. The molecule has 0 spiro atoms. The number of nitrogens with two attached hydrogens (primary N) is 1.